The minimum absolute atomic E-state index is 0.0199. The van der Waals surface area contributed by atoms with Gasteiger partial charge in [0.2, 0.25) is 0 Å². The van der Waals surface area contributed by atoms with E-state index in [-0.39, 0.29) is 19.6 Å². The normalized spacial score (nSPS) is 12.2. The summed E-state index contributed by atoms with van der Waals surface area (Å²) in [5.41, 5.74) is -0.821. The highest BCUT2D eigenvalue weighted by molar-refractivity contribution is 5.90. The molecule has 1 rings (SSSR count). The van der Waals surface area contributed by atoms with Gasteiger partial charge < -0.3 is 19.5 Å². The fraction of sp³-hybridized carbons (Fsp3) is 0.565. The predicted molar refractivity (Wildman–Crippen MR) is 122 cm³/mol. The highest BCUT2D eigenvalue weighted by Crippen LogP contribution is 2.13. The molecule has 34 heavy (non-hydrogen) atoms. The van der Waals surface area contributed by atoms with E-state index in [9.17, 15) is 19.2 Å². The van der Waals surface area contributed by atoms with Gasteiger partial charge in [0.25, 0.3) is 0 Å². The van der Waals surface area contributed by atoms with Gasteiger partial charge in [-0.25, -0.2) is 29.6 Å². The van der Waals surface area contributed by atoms with Crippen LogP contribution < -0.4 is 10.6 Å². The SMILES string of the molecule is COC(=O)NC(=O)N(CC[C@H](NC(=O)OC(C)(C)C)C(=O)OC(C)(C)C)OCc1ccccc1. The van der Waals surface area contributed by atoms with Crippen molar-refractivity contribution in [1.82, 2.24) is 15.7 Å². The summed E-state index contributed by atoms with van der Waals surface area (Å²) in [5.74, 6) is -0.713. The number of benzene rings is 1. The molecule has 4 amide bonds. The highest BCUT2D eigenvalue weighted by Gasteiger charge is 2.30. The van der Waals surface area contributed by atoms with Crippen molar-refractivity contribution in [2.24, 2.45) is 0 Å². The molecule has 0 unspecified atom stereocenters. The van der Waals surface area contributed by atoms with E-state index in [0.717, 1.165) is 17.7 Å². The number of methoxy groups -OCH3 is 1. The smallest absolute Gasteiger partial charge is 0.415 e. The standard InChI is InChI=1S/C23H35N3O8/c1-22(2,3)33-18(27)17(24-21(30)34-23(4,5)6)13-14-26(19(28)25-20(29)31-7)32-15-16-11-9-8-10-12-16/h8-12,17H,13-15H2,1-7H3,(H,24,30)(H,25,28,29)/t17-/m0/s1. The molecule has 0 bridgehead atoms. The minimum Gasteiger partial charge on any atom is -0.458 e. The molecule has 0 aliphatic heterocycles. The van der Waals surface area contributed by atoms with Crippen LogP contribution in [0.5, 0.6) is 0 Å². The van der Waals surface area contributed by atoms with Gasteiger partial charge in [0.05, 0.1) is 13.7 Å². The lowest BCUT2D eigenvalue weighted by Gasteiger charge is -2.28. The summed E-state index contributed by atoms with van der Waals surface area (Å²) < 4.78 is 15.1. The number of nitrogens with zero attached hydrogens (tertiary/aromatic N) is 1. The number of hydroxylamine groups is 2. The van der Waals surface area contributed by atoms with Crippen LogP contribution >= 0.6 is 0 Å². The molecule has 0 heterocycles. The van der Waals surface area contributed by atoms with Gasteiger partial charge in [-0.1, -0.05) is 30.3 Å². The lowest BCUT2D eigenvalue weighted by Crippen LogP contribution is -2.49. The Balaban J connectivity index is 2.97. The molecule has 2 N–H and O–H groups in total. The van der Waals surface area contributed by atoms with Crippen LogP contribution in [0.4, 0.5) is 14.4 Å². The number of hydrogen-bond acceptors (Lipinski definition) is 8. The number of carbonyl (C=O) groups excluding carboxylic acids is 4. The van der Waals surface area contributed by atoms with Crippen molar-refractivity contribution in [2.45, 2.75) is 71.8 Å². The summed E-state index contributed by atoms with van der Waals surface area (Å²) in [5, 5.41) is 5.35. The van der Waals surface area contributed by atoms with Crippen LogP contribution in [0.1, 0.15) is 53.5 Å². The number of imide groups is 1. The zero-order valence-electron chi connectivity index (χ0n) is 20.8. The number of amides is 4. The minimum atomic E-state index is -1.15. The summed E-state index contributed by atoms with van der Waals surface area (Å²) in [6, 6.07) is 6.99. The van der Waals surface area contributed by atoms with Crippen LogP contribution in [0.3, 0.4) is 0 Å². The van der Waals surface area contributed by atoms with Crippen LogP contribution in [0, 0.1) is 0 Å². The fourth-order valence-corrected chi connectivity index (χ4v) is 2.47. The molecule has 11 heteroatoms. The van der Waals surface area contributed by atoms with E-state index in [1.807, 2.05) is 11.4 Å². The maximum Gasteiger partial charge on any atom is 0.415 e. The third-order valence-electron chi connectivity index (χ3n) is 3.85. The summed E-state index contributed by atoms with van der Waals surface area (Å²) in [6.45, 7) is 9.97. The van der Waals surface area contributed by atoms with Gasteiger partial charge in [0, 0.05) is 0 Å². The Morgan fingerprint density at radius 2 is 1.50 bits per heavy atom. The fourth-order valence-electron chi connectivity index (χ4n) is 2.47. The Morgan fingerprint density at radius 3 is 2.03 bits per heavy atom. The van der Waals surface area contributed by atoms with Crippen LogP contribution in [0.15, 0.2) is 30.3 Å². The third-order valence-corrected chi connectivity index (χ3v) is 3.85. The topological polar surface area (TPSA) is 133 Å². The third kappa shape index (κ3) is 12.0. The molecule has 0 saturated heterocycles. The number of rotatable bonds is 8. The first kappa shape index (κ1) is 28.7. The first-order chi connectivity index (χ1) is 15.7. The van der Waals surface area contributed by atoms with E-state index in [1.54, 1.807) is 65.8 Å². The molecule has 0 fully saturated rings. The Bertz CT molecular complexity index is 831. The van der Waals surface area contributed by atoms with Crippen LogP contribution in [-0.2, 0) is 30.4 Å². The van der Waals surface area contributed by atoms with Crippen LogP contribution in [0.2, 0.25) is 0 Å². The highest BCUT2D eigenvalue weighted by atomic mass is 16.7. The van der Waals surface area contributed by atoms with Crippen molar-refractivity contribution in [3.8, 4) is 0 Å². The number of urea groups is 1. The van der Waals surface area contributed by atoms with Crippen molar-refractivity contribution in [3.63, 3.8) is 0 Å². The molecule has 1 atom stereocenters. The maximum absolute atomic E-state index is 12.7. The Hall–Kier alpha value is -3.34. The zero-order valence-corrected chi connectivity index (χ0v) is 20.8. The number of ether oxygens (including phenoxy) is 3. The van der Waals surface area contributed by atoms with Crippen LogP contribution in [-0.4, -0.2) is 60.1 Å². The molecular formula is C23H35N3O8. The lowest BCUT2D eigenvalue weighted by atomic mass is 10.1. The summed E-state index contributed by atoms with van der Waals surface area (Å²) in [7, 11) is 1.11. The van der Waals surface area contributed by atoms with E-state index in [1.165, 1.54) is 0 Å². The van der Waals surface area contributed by atoms with Crippen molar-refractivity contribution in [3.05, 3.63) is 35.9 Å². The Labute approximate surface area is 200 Å². The molecule has 0 aliphatic rings. The monoisotopic (exact) mass is 481 g/mol. The Kier molecular flexibility index (Phi) is 10.8. The molecule has 190 valence electrons. The largest absolute Gasteiger partial charge is 0.458 e. The number of hydrogen-bond donors (Lipinski definition) is 2. The summed E-state index contributed by atoms with van der Waals surface area (Å²) >= 11 is 0. The van der Waals surface area contributed by atoms with Gasteiger partial charge in [-0.15, -0.1) is 0 Å². The van der Waals surface area contributed by atoms with E-state index in [0.29, 0.717) is 0 Å². The van der Waals surface area contributed by atoms with Gasteiger partial charge in [0.15, 0.2) is 0 Å². The first-order valence-electron chi connectivity index (χ1n) is 10.8. The summed E-state index contributed by atoms with van der Waals surface area (Å²) in [6.07, 6.45) is -1.88. The molecule has 1 aromatic carbocycles. The quantitative estimate of drug-likeness (QED) is 0.327. The average Bonchev–Trinajstić information content (AvgIpc) is 2.70. The Morgan fingerprint density at radius 1 is 0.912 bits per heavy atom. The van der Waals surface area contributed by atoms with E-state index in [4.69, 9.17) is 14.3 Å². The lowest BCUT2D eigenvalue weighted by molar-refractivity contribution is -0.159. The molecule has 11 nitrogen and oxygen atoms in total. The molecule has 0 radical (unpaired) electrons. The predicted octanol–water partition coefficient (Wildman–Crippen LogP) is 3.52. The average molecular weight is 482 g/mol. The molecule has 0 saturated carbocycles. The van der Waals surface area contributed by atoms with Gasteiger partial charge in [-0.3, -0.25) is 4.84 Å². The van der Waals surface area contributed by atoms with Gasteiger partial charge in [0.1, 0.15) is 23.9 Å². The van der Waals surface area contributed by atoms with Crippen molar-refractivity contribution < 1.29 is 38.2 Å². The summed E-state index contributed by atoms with van der Waals surface area (Å²) in [4.78, 5) is 54.6. The van der Waals surface area contributed by atoms with Crippen molar-refractivity contribution in [2.75, 3.05) is 13.7 Å². The molecular weight excluding hydrogens is 446 g/mol. The molecule has 0 aromatic heterocycles. The van der Waals surface area contributed by atoms with Gasteiger partial charge in [-0.2, -0.15) is 0 Å². The molecule has 1 aromatic rings. The van der Waals surface area contributed by atoms with E-state index in [2.05, 4.69) is 10.1 Å². The number of alkyl carbamates (subject to hydrolysis) is 2. The van der Waals surface area contributed by atoms with E-state index >= 15 is 0 Å². The first-order valence-corrected chi connectivity index (χ1v) is 10.8. The van der Waals surface area contributed by atoms with E-state index < -0.39 is 41.4 Å². The number of carbonyl (C=O) groups is 4. The van der Waals surface area contributed by atoms with Gasteiger partial charge >= 0.3 is 24.2 Å². The zero-order chi connectivity index (χ0) is 25.9. The maximum atomic E-state index is 12.7. The number of esters is 1. The second kappa shape index (κ2) is 12.8. The number of nitrogens with one attached hydrogen (secondary N) is 2. The van der Waals surface area contributed by atoms with Crippen LogP contribution in [0.25, 0.3) is 0 Å². The van der Waals surface area contributed by atoms with Crippen molar-refractivity contribution >= 4 is 24.2 Å². The molecule has 0 aliphatic carbocycles. The van der Waals surface area contributed by atoms with Crippen molar-refractivity contribution in [1.29, 1.82) is 0 Å². The molecule has 0 spiro atoms. The van der Waals surface area contributed by atoms with Gasteiger partial charge in [-0.05, 0) is 53.5 Å². The second-order valence-electron chi connectivity index (χ2n) is 9.30. The second-order valence-corrected chi connectivity index (χ2v) is 9.30.